The van der Waals surface area contributed by atoms with Crippen molar-refractivity contribution in [1.82, 2.24) is 9.80 Å². The first kappa shape index (κ1) is 19.0. The van der Waals surface area contributed by atoms with Crippen molar-refractivity contribution in [3.63, 3.8) is 0 Å². The molecule has 0 fully saturated rings. The monoisotopic (exact) mass is 346 g/mol. The second-order valence-corrected chi connectivity index (χ2v) is 7.00. The molecule has 2 aromatic rings. The third-order valence-electron chi connectivity index (χ3n) is 4.35. The summed E-state index contributed by atoms with van der Waals surface area (Å²) >= 11 is 0. The Morgan fingerprint density at radius 1 is 1.16 bits per heavy atom. The molecule has 0 aliphatic rings. The highest BCUT2D eigenvalue weighted by Crippen LogP contribution is 2.29. The number of aliphatic carboxylic acids is 1. The Morgan fingerprint density at radius 3 is 2.40 bits per heavy atom. The molecule has 136 valence electrons. The van der Waals surface area contributed by atoms with Crippen molar-refractivity contribution in [2.75, 3.05) is 21.1 Å². The molecule has 0 saturated heterocycles. The summed E-state index contributed by atoms with van der Waals surface area (Å²) in [5, 5.41) is 10.6. The number of hydrogen-bond donors (Lipinski definition) is 1. The molecule has 0 aliphatic heterocycles. The summed E-state index contributed by atoms with van der Waals surface area (Å²) in [5.74, 6) is -0.868. The van der Waals surface area contributed by atoms with Gasteiger partial charge in [0.25, 0.3) is 0 Å². The molecule has 0 saturated carbocycles. The van der Waals surface area contributed by atoms with Gasteiger partial charge >= 0.3 is 5.97 Å². The normalized spacial score (nSPS) is 14.0. The lowest BCUT2D eigenvalue weighted by molar-refractivity contribution is -0.147. The van der Waals surface area contributed by atoms with Crippen LogP contribution in [-0.2, 0) is 9.59 Å². The number of carbonyl (C=O) groups is 2. The highest BCUT2D eigenvalue weighted by molar-refractivity contribution is 5.86. The number of furan rings is 1. The summed E-state index contributed by atoms with van der Waals surface area (Å²) in [7, 11) is 5.06. The minimum absolute atomic E-state index is 0.152. The predicted octanol–water partition coefficient (Wildman–Crippen LogP) is 2.99. The minimum atomic E-state index is -0.919. The summed E-state index contributed by atoms with van der Waals surface area (Å²) in [6.07, 6.45) is 2.07. The number of carbonyl (C=O) groups excluding carboxylic acids is 1. The van der Waals surface area contributed by atoms with Crippen LogP contribution in [0, 0.1) is 5.92 Å². The molecule has 0 bridgehead atoms. The lowest BCUT2D eigenvalue weighted by Gasteiger charge is -2.34. The molecule has 1 aromatic heterocycles. The largest absolute Gasteiger partial charge is 0.480 e. The first-order valence-electron chi connectivity index (χ1n) is 8.35. The van der Waals surface area contributed by atoms with Gasteiger partial charge in [-0.1, -0.05) is 19.9 Å². The van der Waals surface area contributed by atoms with Crippen LogP contribution in [0.5, 0.6) is 0 Å². The number of likely N-dealkylation sites (N-methyl/N-ethyl adjacent to an activating group) is 2. The topological polar surface area (TPSA) is 74.0 Å². The fourth-order valence-electron chi connectivity index (χ4n) is 3.02. The van der Waals surface area contributed by atoms with E-state index in [4.69, 9.17) is 4.42 Å². The zero-order valence-corrected chi connectivity index (χ0v) is 15.4. The van der Waals surface area contributed by atoms with Gasteiger partial charge in [0, 0.05) is 19.5 Å². The Hall–Kier alpha value is -2.34. The van der Waals surface area contributed by atoms with E-state index in [0.717, 1.165) is 16.5 Å². The molecule has 1 unspecified atom stereocenters. The van der Waals surface area contributed by atoms with Crippen molar-refractivity contribution in [3.8, 4) is 0 Å². The maximum absolute atomic E-state index is 12.8. The lowest BCUT2D eigenvalue weighted by Crippen LogP contribution is -2.47. The minimum Gasteiger partial charge on any atom is -0.480 e. The van der Waals surface area contributed by atoms with Crippen molar-refractivity contribution < 1.29 is 19.1 Å². The van der Waals surface area contributed by atoms with Crippen molar-refractivity contribution in [2.24, 2.45) is 5.92 Å². The molecule has 0 radical (unpaired) electrons. The molecule has 6 heteroatoms. The Morgan fingerprint density at radius 2 is 1.84 bits per heavy atom. The van der Waals surface area contributed by atoms with Crippen LogP contribution < -0.4 is 0 Å². The van der Waals surface area contributed by atoms with Crippen molar-refractivity contribution in [3.05, 3.63) is 36.1 Å². The fourth-order valence-corrected chi connectivity index (χ4v) is 3.02. The molecule has 1 heterocycles. The van der Waals surface area contributed by atoms with Crippen LogP contribution >= 0.6 is 0 Å². The highest BCUT2D eigenvalue weighted by atomic mass is 16.4. The number of fused-ring (bicyclic) bond motifs is 1. The van der Waals surface area contributed by atoms with Gasteiger partial charge in [0.05, 0.1) is 6.26 Å². The van der Waals surface area contributed by atoms with Gasteiger partial charge in [-0.05, 0) is 43.1 Å². The SMILES string of the molecule is CC(C)C[C@@H](C(=O)O)N(C)C(C(=O)N(C)C)c1ccc2occc2c1. The number of nitrogens with zero attached hydrogens (tertiary/aromatic N) is 2. The van der Waals surface area contributed by atoms with E-state index in [0.29, 0.717) is 6.42 Å². The van der Waals surface area contributed by atoms with Gasteiger partial charge in [-0.2, -0.15) is 0 Å². The molecule has 1 amide bonds. The average Bonchev–Trinajstić information content (AvgIpc) is 2.99. The quantitative estimate of drug-likeness (QED) is 0.834. The van der Waals surface area contributed by atoms with Crippen LogP contribution in [0.3, 0.4) is 0 Å². The van der Waals surface area contributed by atoms with Gasteiger partial charge in [0.15, 0.2) is 0 Å². The Bertz CT molecular complexity index is 751. The van der Waals surface area contributed by atoms with Gasteiger partial charge in [-0.25, -0.2) is 0 Å². The van der Waals surface area contributed by atoms with Crippen molar-refractivity contribution >= 4 is 22.8 Å². The zero-order valence-electron chi connectivity index (χ0n) is 15.4. The molecule has 2 rings (SSSR count). The Kier molecular flexibility index (Phi) is 5.85. The molecule has 2 atom stereocenters. The van der Waals surface area contributed by atoms with E-state index >= 15 is 0 Å². The van der Waals surface area contributed by atoms with Crippen LogP contribution in [-0.4, -0.2) is 54.0 Å². The molecule has 25 heavy (non-hydrogen) atoms. The molecular weight excluding hydrogens is 320 g/mol. The summed E-state index contributed by atoms with van der Waals surface area (Å²) in [4.78, 5) is 27.8. The van der Waals surface area contributed by atoms with Gasteiger partial charge in [0.1, 0.15) is 17.7 Å². The first-order chi connectivity index (χ1) is 11.7. The van der Waals surface area contributed by atoms with E-state index in [1.54, 1.807) is 32.3 Å². The van der Waals surface area contributed by atoms with Gasteiger partial charge in [-0.3, -0.25) is 14.5 Å². The fraction of sp³-hybridized carbons (Fsp3) is 0.474. The summed E-state index contributed by atoms with van der Waals surface area (Å²) < 4.78 is 5.36. The van der Waals surface area contributed by atoms with Crippen LogP contribution in [0.15, 0.2) is 34.9 Å². The smallest absolute Gasteiger partial charge is 0.320 e. The Balaban J connectivity index is 2.47. The zero-order chi connectivity index (χ0) is 18.7. The van der Waals surface area contributed by atoms with E-state index < -0.39 is 18.1 Å². The van der Waals surface area contributed by atoms with Crippen LogP contribution in [0.4, 0.5) is 0 Å². The first-order valence-corrected chi connectivity index (χ1v) is 8.35. The second kappa shape index (κ2) is 7.70. The number of benzene rings is 1. The number of hydrogen-bond acceptors (Lipinski definition) is 4. The summed E-state index contributed by atoms with van der Waals surface area (Å²) in [6.45, 7) is 3.95. The summed E-state index contributed by atoms with van der Waals surface area (Å²) in [5.41, 5.74) is 1.49. The molecule has 0 spiro atoms. The Labute approximate surface area is 148 Å². The van der Waals surface area contributed by atoms with Crippen LogP contribution in [0.2, 0.25) is 0 Å². The van der Waals surface area contributed by atoms with Crippen LogP contribution in [0.1, 0.15) is 31.9 Å². The van der Waals surface area contributed by atoms with E-state index in [-0.39, 0.29) is 11.8 Å². The van der Waals surface area contributed by atoms with Crippen LogP contribution in [0.25, 0.3) is 11.0 Å². The third kappa shape index (κ3) is 4.20. The number of carboxylic acid groups (broad SMARTS) is 1. The average molecular weight is 346 g/mol. The van der Waals surface area contributed by atoms with E-state index in [1.807, 2.05) is 38.1 Å². The van der Waals surface area contributed by atoms with Crippen molar-refractivity contribution in [2.45, 2.75) is 32.4 Å². The van der Waals surface area contributed by atoms with Gasteiger partial charge in [0.2, 0.25) is 5.91 Å². The molecule has 0 aliphatic carbocycles. The molecule has 1 N–H and O–H groups in total. The van der Waals surface area contributed by atoms with E-state index in [1.165, 1.54) is 4.90 Å². The van der Waals surface area contributed by atoms with Gasteiger partial charge < -0.3 is 14.4 Å². The maximum Gasteiger partial charge on any atom is 0.320 e. The number of carboxylic acids is 1. The lowest BCUT2D eigenvalue weighted by atomic mass is 9.97. The number of rotatable bonds is 7. The standard InChI is InChI=1S/C19H26N2O4/c1-12(2)10-15(19(23)24)21(5)17(18(22)20(3)4)14-6-7-16-13(11-14)8-9-25-16/h6-9,11-12,15,17H,10H2,1-5H3,(H,23,24)/t15-,17?/m0/s1. The molecule has 1 aromatic carbocycles. The highest BCUT2D eigenvalue weighted by Gasteiger charge is 2.35. The van der Waals surface area contributed by atoms with E-state index in [9.17, 15) is 14.7 Å². The predicted molar refractivity (Wildman–Crippen MR) is 96.3 cm³/mol. The van der Waals surface area contributed by atoms with E-state index in [2.05, 4.69) is 0 Å². The second-order valence-electron chi connectivity index (χ2n) is 7.00. The molecular formula is C19H26N2O4. The van der Waals surface area contributed by atoms with Crippen molar-refractivity contribution in [1.29, 1.82) is 0 Å². The molecule has 6 nitrogen and oxygen atoms in total. The van der Waals surface area contributed by atoms with Gasteiger partial charge in [-0.15, -0.1) is 0 Å². The maximum atomic E-state index is 12.8. The summed E-state index contributed by atoms with van der Waals surface area (Å²) in [6, 6.07) is 5.94. The number of amides is 1. The third-order valence-corrected chi connectivity index (χ3v) is 4.35.